The van der Waals surface area contributed by atoms with E-state index < -0.39 is 17.8 Å². The molecule has 1 aliphatic heterocycles. The zero-order valence-corrected chi connectivity index (χ0v) is 25.1. The second-order valence-corrected chi connectivity index (χ2v) is 9.90. The molecule has 1 aliphatic rings. The van der Waals surface area contributed by atoms with Crippen LogP contribution in [0.3, 0.4) is 0 Å². The minimum Gasteiger partial charge on any atom is -0.490 e. The first kappa shape index (κ1) is 31.0. The Bertz CT molecular complexity index is 1240. The third kappa shape index (κ3) is 7.78. The zero-order valence-electron chi connectivity index (χ0n) is 23.5. The fourth-order valence-corrected chi connectivity index (χ4v) is 4.65. The molecule has 0 aliphatic carbocycles. The minimum absolute atomic E-state index is 0.202. The maximum Gasteiger partial charge on any atom is 0.335 e. The van der Waals surface area contributed by atoms with Gasteiger partial charge in [0.2, 0.25) is 0 Å². The summed E-state index contributed by atoms with van der Waals surface area (Å²) in [4.78, 5) is 40.0. The number of amides is 4. The lowest BCUT2D eigenvalue weighted by Gasteiger charge is -2.27. The Morgan fingerprint density at radius 1 is 0.800 bits per heavy atom. The van der Waals surface area contributed by atoms with Crippen LogP contribution in [0.5, 0.6) is 23.0 Å². The molecule has 2 aromatic rings. The van der Waals surface area contributed by atoms with E-state index in [-0.39, 0.29) is 11.3 Å². The zero-order chi connectivity index (χ0) is 29.1. The molecule has 4 amide bonds. The van der Waals surface area contributed by atoms with Crippen molar-refractivity contribution >= 4 is 45.5 Å². The molecule has 10 heteroatoms. The number of carbonyl (C=O) groups excluding carboxylic acids is 3. The van der Waals surface area contributed by atoms with Gasteiger partial charge in [0, 0.05) is 6.07 Å². The Morgan fingerprint density at radius 2 is 1.55 bits per heavy atom. The molecular formula is C30H37BrN2O7. The van der Waals surface area contributed by atoms with Crippen LogP contribution in [0, 0.1) is 0 Å². The molecule has 0 saturated carbocycles. The largest absolute Gasteiger partial charge is 0.490 e. The second kappa shape index (κ2) is 15.3. The first-order valence-corrected chi connectivity index (χ1v) is 14.5. The number of imide groups is 2. The SMILES string of the molecule is CCCCCCOc1c(Br)cc(/C=C2\C(=O)NC(=O)N(c3ccc(OCCC)c(OCC)c3)C2=O)cc1OCC. The number of hydrogen-bond donors (Lipinski definition) is 1. The Labute approximate surface area is 243 Å². The average molecular weight is 618 g/mol. The van der Waals surface area contributed by atoms with E-state index in [0.717, 1.165) is 37.0 Å². The number of nitrogens with one attached hydrogen (secondary N) is 1. The number of barbiturate groups is 1. The van der Waals surface area contributed by atoms with Crippen LogP contribution in [-0.2, 0) is 9.59 Å². The molecule has 0 spiro atoms. The van der Waals surface area contributed by atoms with Gasteiger partial charge in [-0.1, -0.05) is 33.1 Å². The minimum atomic E-state index is -0.847. The molecule has 1 fully saturated rings. The molecule has 1 heterocycles. The van der Waals surface area contributed by atoms with E-state index in [1.807, 2.05) is 20.8 Å². The number of urea groups is 1. The summed E-state index contributed by atoms with van der Waals surface area (Å²) in [6, 6.07) is 7.37. The lowest BCUT2D eigenvalue weighted by atomic mass is 10.1. The maximum atomic E-state index is 13.5. The van der Waals surface area contributed by atoms with Gasteiger partial charge in [-0.3, -0.25) is 14.9 Å². The van der Waals surface area contributed by atoms with Crippen LogP contribution in [0.1, 0.15) is 65.4 Å². The van der Waals surface area contributed by atoms with Crippen LogP contribution < -0.4 is 29.2 Å². The highest BCUT2D eigenvalue weighted by molar-refractivity contribution is 9.10. The van der Waals surface area contributed by atoms with Crippen molar-refractivity contribution in [3.63, 3.8) is 0 Å². The topological polar surface area (TPSA) is 103 Å². The lowest BCUT2D eigenvalue weighted by Crippen LogP contribution is -2.54. The van der Waals surface area contributed by atoms with Gasteiger partial charge in [-0.15, -0.1) is 0 Å². The predicted octanol–water partition coefficient (Wildman–Crippen LogP) is 6.66. The first-order chi connectivity index (χ1) is 19.3. The summed E-state index contributed by atoms with van der Waals surface area (Å²) < 4.78 is 23.8. The van der Waals surface area contributed by atoms with Crippen molar-refractivity contribution < 1.29 is 33.3 Å². The Balaban J connectivity index is 1.93. The number of carbonyl (C=O) groups is 3. The van der Waals surface area contributed by atoms with Crippen LogP contribution in [0.15, 0.2) is 40.4 Å². The number of ether oxygens (including phenoxy) is 4. The Morgan fingerprint density at radius 3 is 2.25 bits per heavy atom. The average Bonchev–Trinajstić information content (AvgIpc) is 2.92. The van der Waals surface area contributed by atoms with E-state index >= 15 is 0 Å². The highest BCUT2D eigenvalue weighted by atomic mass is 79.9. The first-order valence-electron chi connectivity index (χ1n) is 13.7. The molecule has 9 nitrogen and oxygen atoms in total. The summed E-state index contributed by atoms with van der Waals surface area (Å²) in [6.07, 6.45) is 6.52. The Kier molecular flexibility index (Phi) is 11.9. The van der Waals surface area contributed by atoms with Crippen molar-refractivity contribution in [2.24, 2.45) is 0 Å². The Hall–Kier alpha value is -3.53. The highest BCUT2D eigenvalue weighted by Gasteiger charge is 2.37. The number of anilines is 1. The third-order valence-electron chi connectivity index (χ3n) is 5.94. The van der Waals surface area contributed by atoms with Crippen molar-refractivity contribution in [3.8, 4) is 23.0 Å². The van der Waals surface area contributed by atoms with E-state index in [1.165, 1.54) is 6.08 Å². The molecule has 216 valence electrons. The van der Waals surface area contributed by atoms with Crippen molar-refractivity contribution in [2.45, 2.75) is 59.8 Å². The summed E-state index contributed by atoms with van der Waals surface area (Å²) in [5, 5.41) is 2.26. The van der Waals surface area contributed by atoms with Crippen molar-refractivity contribution in [1.82, 2.24) is 5.32 Å². The summed E-state index contributed by atoms with van der Waals surface area (Å²) in [5.41, 5.74) is 0.572. The second-order valence-electron chi connectivity index (χ2n) is 9.04. The number of unbranched alkanes of at least 4 members (excludes halogenated alkanes) is 3. The normalized spacial score (nSPS) is 14.4. The van der Waals surface area contributed by atoms with Gasteiger partial charge in [-0.2, -0.15) is 0 Å². The van der Waals surface area contributed by atoms with E-state index in [4.69, 9.17) is 18.9 Å². The molecule has 40 heavy (non-hydrogen) atoms. The molecule has 1 saturated heterocycles. The van der Waals surface area contributed by atoms with Crippen molar-refractivity contribution in [1.29, 1.82) is 0 Å². The third-order valence-corrected chi connectivity index (χ3v) is 6.52. The standard InChI is InChI=1S/C30H37BrN2O7/c1-5-9-10-11-15-40-27-23(31)17-20(18-26(27)38-8-4)16-22-28(34)32-30(36)33(29(22)35)21-12-13-24(39-14-6-2)25(19-21)37-7-3/h12-13,16-19H,5-11,14-15H2,1-4H3,(H,32,34,36)/b22-16+. The fraction of sp³-hybridized carbons (Fsp3) is 0.433. The molecule has 0 radical (unpaired) electrons. The van der Waals surface area contributed by atoms with Crippen LogP contribution >= 0.6 is 15.9 Å². The smallest absolute Gasteiger partial charge is 0.335 e. The van der Waals surface area contributed by atoms with Gasteiger partial charge in [-0.25, -0.2) is 9.69 Å². The van der Waals surface area contributed by atoms with E-state index in [1.54, 1.807) is 30.3 Å². The maximum absolute atomic E-state index is 13.5. The van der Waals surface area contributed by atoms with E-state index in [2.05, 4.69) is 28.2 Å². The van der Waals surface area contributed by atoms with Crippen LogP contribution in [0.2, 0.25) is 0 Å². The van der Waals surface area contributed by atoms with Crippen molar-refractivity contribution in [3.05, 3.63) is 45.9 Å². The number of hydrogen-bond acceptors (Lipinski definition) is 7. The monoisotopic (exact) mass is 616 g/mol. The molecule has 1 N–H and O–H groups in total. The summed E-state index contributed by atoms with van der Waals surface area (Å²) in [6.45, 7) is 9.64. The van der Waals surface area contributed by atoms with E-state index in [0.29, 0.717) is 59.5 Å². The number of nitrogens with zero attached hydrogens (tertiary/aromatic N) is 1. The molecule has 3 rings (SSSR count). The molecule has 0 unspecified atom stereocenters. The van der Waals surface area contributed by atoms with Crippen LogP contribution in [0.4, 0.5) is 10.5 Å². The fourth-order valence-electron chi connectivity index (χ4n) is 4.07. The van der Waals surface area contributed by atoms with Crippen molar-refractivity contribution in [2.75, 3.05) is 31.3 Å². The summed E-state index contributed by atoms with van der Waals surface area (Å²) in [7, 11) is 0. The van der Waals surface area contributed by atoms with Crippen LogP contribution in [0.25, 0.3) is 6.08 Å². The molecule has 0 atom stereocenters. The van der Waals surface area contributed by atoms with Gasteiger partial charge in [-0.05, 0) is 78.5 Å². The van der Waals surface area contributed by atoms with Gasteiger partial charge in [0.05, 0.1) is 36.6 Å². The molecular weight excluding hydrogens is 580 g/mol. The van der Waals surface area contributed by atoms with Gasteiger partial charge >= 0.3 is 6.03 Å². The summed E-state index contributed by atoms with van der Waals surface area (Å²) in [5.74, 6) is 0.399. The quantitative estimate of drug-likeness (QED) is 0.135. The van der Waals surface area contributed by atoms with Crippen LogP contribution in [-0.4, -0.2) is 44.3 Å². The van der Waals surface area contributed by atoms with Gasteiger partial charge in [0.1, 0.15) is 5.57 Å². The molecule has 2 aromatic carbocycles. The predicted molar refractivity (Wildman–Crippen MR) is 157 cm³/mol. The highest BCUT2D eigenvalue weighted by Crippen LogP contribution is 2.38. The van der Waals surface area contributed by atoms with Gasteiger partial charge < -0.3 is 18.9 Å². The van der Waals surface area contributed by atoms with Gasteiger partial charge in [0.15, 0.2) is 23.0 Å². The molecule has 0 aromatic heterocycles. The number of benzene rings is 2. The van der Waals surface area contributed by atoms with E-state index in [9.17, 15) is 14.4 Å². The lowest BCUT2D eigenvalue weighted by molar-refractivity contribution is -0.122. The molecule has 0 bridgehead atoms. The number of rotatable bonds is 15. The summed E-state index contributed by atoms with van der Waals surface area (Å²) >= 11 is 3.54. The number of halogens is 1. The van der Waals surface area contributed by atoms with Gasteiger partial charge in [0.25, 0.3) is 11.8 Å².